The topological polar surface area (TPSA) is 120 Å². The summed E-state index contributed by atoms with van der Waals surface area (Å²) in [5.41, 5.74) is 2.98. The highest BCUT2D eigenvalue weighted by atomic mass is 35.5. The highest BCUT2D eigenvalue weighted by molar-refractivity contribution is 7.12. The van der Waals surface area contributed by atoms with Crippen LogP contribution in [0.5, 0.6) is 0 Å². The smallest absolute Gasteiger partial charge is 0.267 e. The molecule has 5 heterocycles. The Labute approximate surface area is 231 Å². The molecule has 9 nitrogen and oxygen atoms in total. The van der Waals surface area contributed by atoms with Gasteiger partial charge in [-0.15, -0.1) is 11.3 Å². The van der Waals surface area contributed by atoms with Gasteiger partial charge in [0.15, 0.2) is 0 Å². The van der Waals surface area contributed by atoms with Crippen LogP contribution in [0.3, 0.4) is 0 Å². The molecular weight excluding hydrogens is 536 g/mol. The molecule has 3 N–H and O–H groups in total. The number of anilines is 2. The van der Waals surface area contributed by atoms with Crippen molar-refractivity contribution in [2.24, 2.45) is 0 Å². The molecule has 194 valence electrons. The van der Waals surface area contributed by atoms with Crippen LogP contribution in [0, 0.1) is 0 Å². The first-order chi connectivity index (χ1) is 19.0. The summed E-state index contributed by atoms with van der Waals surface area (Å²) in [6.07, 6.45) is 5.37. The van der Waals surface area contributed by atoms with Crippen molar-refractivity contribution in [2.45, 2.75) is 19.0 Å². The first-order valence-electron chi connectivity index (χ1n) is 12.1. The van der Waals surface area contributed by atoms with E-state index in [0.717, 1.165) is 10.9 Å². The number of benzene rings is 1. The third-order valence-electron chi connectivity index (χ3n) is 6.49. The Bertz CT molecular complexity index is 1720. The second kappa shape index (κ2) is 10.3. The maximum absolute atomic E-state index is 13.6. The zero-order chi connectivity index (χ0) is 26.9. The molecule has 0 aliphatic carbocycles. The summed E-state index contributed by atoms with van der Waals surface area (Å²) in [4.78, 5) is 53.5. The lowest BCUT2D eigenvalue weighted by molar-refractivity contribution is -0.120. The second-order valence-corrected chi connectivity index (χ2v) is 10.4. The van der Waals surface area contributed by atoms with Gasteiger partial charge in [-0.1, -0.05) is 23.7 Å². The van der Waals surface area contributed by atoms with Crippen molar-refractivity contribution in [1.82, 2.24) is 19.9 Å². The van der Waals surface area contributed by atoms with Crippen molar-refractivity contribution in [1.29, 1.82) is 0 Å². The third kappa shape index (κ3) is 4.99. The SMILES string of the molecule is O=C(Nc1cc2[nH]ccc2cn1)c1ccc(CN2C(=O)c3sccc3NC(=O)[C@H]2Cc2ccccn2)cc1Cl. The quantitative estimate of drug-likeness (QED) is 0.268. The van der Waals surface area contributed by atoms with E-state index in [-0.39, 0.29) is 35.4 Å². The van der Waals surface area contributed by atoms with Gasteiger partial charge in [-0.25, -0.2) is 4.98 Å². The lowest BCUT2D eigenvalue weighted by Gasteiger charge is -2.28. The van der Waals surface area contributed by atoms with Gasteiger partial charge in [0.2, 0.25) is 5.91 Å². The van der Waals surface area contributed by atoms with E-state index in [1.165, 1.54) is 16.2 Å². The molecule has 1 aromatic carbocycles. The van der Waals surface area contributed by atoms with Gasteiger partial charge in [0.25, 0.3) is 11.8 Å². The van der Waals surface area contributed by atoms with Crippen LogP contribution >= 0.6 is 22.9 Å². The third-order valence-corrected chi connectivity index (χ3v) is 7.71. The predicted molar refractivity (Wildman–Crippen MR) is 150 cm³/mol. The van der Waals surface area contributed by atoms with Gasteiger partial charge in [-0.05, 0) is 47.3 Å². The van der Waals surface area contributed by atoms with Crippen LogP contribution in [0.2, 0.25) is 5.02 Å². The first-order valence-corrected chi connectivity index (χ1v) is 13.3. The second-order valence-electron chi connectivity index (χ2n) is 9.03. The number of hydrogen-bond acceptors (Lipinski definition) is 6. The molecule has 0 spiro atoms. The maximum atomic E-state index is 13.6. The van der Waals surface area contributed by atoms with E-state index in [1.807, 2.05) is 18.2 Å². The zero-order valence-corrected chi connectivity index (χ0v) is 21.9. The van der Waals surface area contributed by atoms with E-state index in [2.05, 4.69) is 25.6 Å². The van der Waals surface area contributed by atoms with Crippen molar-refractivity contribution in [3.8, 4) is 0 Å². The van der Waals surface area contributed by atoms with E-state index in [4.69, 9.17) is 11.6 Å². The van der Waals surface area contributed by atoms with Crippen LogP contribution in [-0.2, 0) is 17.8 Å². The Kier molecular flexibility index (Phi) is 6.55. The lowest BCUT2D eigenvalue weighted by atomic mass is 10.1. The number of carbonyl (C=O) groups is 3. The van der Waals surface area contributed by atoms with Crippen molar-refractivity contribution in [2.75, 3.05) is 10.6 Å². The molecule has 1 aliphatic rings. The molecule has 5 aromatic rings. The number of hydrogen-bond donors (Lipinski definition) is 3. The van der Waals surface area contributed by atoms with E-state index in [0.29, 0.717) is 27.6 Å². The molecule has 0 unspecified atom stereocenters. The molecule has 6 rings (SSSR count). The van der Waals surface area contributed by atoms with Gasteiger partial charge >= 0.3 is 0 Å². The Morgan fingerprint density at radius 1 is 1.10 bits per heavy atom. The molecule has 0 saturated heterocycles. The molecule has 1 atom stereocenters. The van der Waals surface area contributed by atoms with Gasteiger partial charge < -0.3 is 20.5 Å². The summed E-state index contributed by atoms with van der Waals surface area (Å²) in [5, 5.41) is 8.57. The first kappa shape index (κ1) is 24.8. The summed E-state index contributed by atoms with van der Waals surface area (Å²) in [6.45, 7) is 0.119. The number of halogens is 1. The van der Waals surface area contributed by atoms with Crippen LogP contribution < -0.4 is 10.6 Å². The van der Waals surface area contributed by atoms with Gasteiger partial charge in [0.1, 0.15) is 16.7 Å². The molecule has 11 heteroatoms. The average molecular weight is 557 g/mol. The number of pyridine rings is 2. The molecular formula is C28H21ClN6O3S. The van der Waals surface area contributed by atoms with E-state index in [9.17, 15) is 14.4 Å². The number of rotatable bonds is 6. The number of aromatic nitrogens is 3. The minimum atomic E-state index is -0.789. The fourth-order valence-electron chi connectivity index (χ4n) is 4.54. The van der Waals surface area contributed by atoms with Crippen molar-refractivity contribution >= 4 is 63.1 Å². The Morgan fingerprint density at radius 2 is 2.00 bits per heavy atom. The summed E-state index contributed by atoms with van der Waals surface area (Å²) in [5.74, 6) is -0.574. The van der Waals surface area contributed by atoms with E-state index < -0.39 is 11.9 Å². The van der Waals surface area contributed by atoms with Crippen molar-refractivity contribution < 1.29 is 14.4 Å². The number of nitrogens with one attached hydrogen (secondary N) is 3. The van der Waals surface area contributed by atoms with Crippen LogP contribution in [0.25, 0.3) is 10.9 Å². The van der Waals surface area contributed by atoms with Crippen LogP contribution in [-0.4, -0.2) is 43.6 Å². The minimum absolute atomic E-state index is 0.119. The van der Waals surface area contributed by atoms with E-state index in [1.54, 1.807) is 60.4 Å². The Balaban J connectivity index is 1.26. The van der Waals surface area contributed by atoms with Crippen molar-refractivity contribution in [3.05, 3.63) is 105 Å². The van der Waals surface area contributed by atoms with Crippen molar-refractivity contribution in [3.63, 3.8) is 0 Å². The summed E-state index contributed by atoms with van der Waals surface area (Å²) in [7, 11) is 0. The highest BCUT2D eigenvalue weighted by Gasteiger charge is 2.36. The molecule has 0 bridgehead atoms. The normalized spacial score (nSPS) is 15.1. The van der Waals surface area contributed by atoms with Crippen LogP contribution in [0.1, 0.15) is 31.3 Å². The molecule has 1 aliphatic heterocycles. The summed E-state index contributed by atoms with van der Waals surface area (Å²) in [6, 6.07) is 15.0. The fraction of sp³-hybridized carbons (Fsp3) is 0.107. The average Bonchev–Trinajstić information content (AvgIpc) is 3.58. The summed E-state index contributed by atoms with van der Waals surface area (Å²) >= 11 is 7.81. The predicted octanol–water partition coefficient (Wildman–Crippen LogP) is 5.13. The van der Waals surface area contributed by atoms with Gasteiger partial charge in [-0.3, -0.25) is 19.4 Å². The largest absolute Gasteiger partial charge is 0.361 e. The number of nitrogens with zero attached hydrogens (tertiary/aromatic N) is 3. The number of H-pyrrole nitrogens is 1. The highest BCUT2D eigenvalue weighted by Crippen LogP contribution is 2.31. The van der Waals surface area contributed by atoms with Gasteiger partial charge in [0.05, 0.1) is 21.8 Å². The van der Waals surface area contributed by atoms with E-state index >= 15 is 0 Å². The molecule has 4 aromatic heterocycles. The number of thiophene rings is 1. The molecule has 0 radical (unpaired) electrons. The standard InChI is InChI=1S/C28H21ClN6O3S/c29-20-11-16(4-5-19(20)26(36)34-24-13-22-17(14-32-24)6-9-31-22)15-35-23(12-18-3-1-2-8-30-18)27(37)33-21-7-10-39-25(21)28(35)38/h1-11,13-14,23,31H,12,15H2,(H,33,37)(H,32,34,36)/t23-/m1/s1. The monoisotopic (exact) mass is 556 g/mol. The van der Waals surface area contributed by atoms with Gasteiger partial charge in [0, 0.05) is 48.7 Å². The van der Waals surface area contributed by atoms with Gasteiger partial charge in [-0.2, -0.15) is 0 Å². The fourth-order valence-corrected chi connectivity index (χ4v) is 5.63. The Morgan fingerprint density at radius 3 is 2.82 bits per heavy atom. The number of carbonyl (C=O) groups excluding carboxylic acids is 3. The molecule has 0 fully saturated rings. The summed E-state index contributed by atoms with van der Waals surface area (Å²) < 4.78 is 0. The molecule has 3 amide bonds. The van der Waals surface area contributed by atoms with Crippen LogP contribution in [0.15, 0.2) is 78.6 Å². The lowest BCUT2D eigenvalue weighted by Crippen LogP contribution is -2.46. The number of aromatic amines is 1. The number of amides is 3. The molecule has 0 saturated carbocycles. The zero-order valence-electron chi connectivity index (χ0n) is 20.3. The van der Waals surface area contributed by atoms with Crippen LogP contribution in [0.4, 0.5) is 11.5 Å². The number of fused-ring (bicyclic) bond motifs is 2. The maximum Gasteiger partial charge on any atom is 0.267 e. The molecule has 39 heavy (non-hydrogen) atoms. The Hall–Kier alpha value is -4.54. The minimum Gasteiger partial charge on any atom is -0.361 e.